The van der Waals surface area contributed by atoms with Crippen molar-refractivity contribution in [1.29, 1.82) is 0 Å². The van der Waals surface area contributed by atoms with Crippen LogP contribution in [0, 0.1) is 12.3 Å². The van der Waals surface area contributed by atoms with Gasteiger partial charge in [0.15, 0.2) is 12.6 Å². The molecule has 0 radical (unpaired) electrons. The summed E-state index contributed by atoms with van der Waals surface area (Å²) < 4.78 is 5.25. The SMILES string of the molecule is C#CCNC(=NCc1cccc(OCC(N)=O)c1)NCC. The molecule has 0 unspecified atom stereocenters. The quantitative estimate of drug-likeness (QED) is 0.381. The minimum atomic E-state index is -0.508. The highest BCUT2D eigenvalue weighted by Crippen LogP contribution is 2.13. The first kappa shape index (κ1) is 16.4. The van der Waals surface area contributed by atoms with Crippen molar-refractivity contribution in [1.82, 2.24) is 10.6 Å². The number of primary amides is 1. The first-order valence-corrected chi connectivity index (χ1v) is 6.61. The summed E-state index contributed by atoms with van der Waals surface area (Å²) in [7, 11) is 0. The third kappa shape index (κ3) is 6.87. The lowest BCUT2D eigenvalue weighted by molar-refractivity contribution is -0.119. The molecule has 0 fully saturated rings. The monoisotopic (exact) mass is 288 g/mol. The first-order valence-electron chi connectivity index (χ1n) is 6.61. The zero-order chi connectivity index (χ0) is 15.5. The van der Waals surface area contributed by atoms with Gasteiger partial charge in [0.25, 0.3) is 5.91 Å². The van der Waals surface area contributed by atoms with Crippen LogP contribution in [0.25, 0.3) is 0 Å². The van der Waals surface area contributed by atoms with E-state index in [1.54, 1.807) is 6.07 Å². The van der Waals surface area contributed by atoms with E-state index in [0.29, 0.717) is 24.8 Å². The fourth-order valence-corrected chi connectivity index (χ4v) is 1.53. The highest BCUT2D eigenvalue weighted by Gasteiger charge is 2.00. The Morgan fingerprint density at radius 2 is 2.29 bits per heavy atom. The van der Waals surface area contributed by atoms with E-state index in [4.69, 9.17) is 16.9 Å². The van der Waals surface area contributed by atoms with E-state index in [9.17, 15) is 4.79 Å². The van der Waals surface area contributed by atoms with Crippen LogP contribution in [0.1, 0.15) is 12.5 Å². The van der Waals surface area contributed by atoms with Crippen LogP contribution in [0.2, 0.25) is 0 Å². The summed E-state index contributed by atoms with van der Waals surface area (Å²) in [6, 6.07) is 7.34. The Hall–Kier alpha value is -2.68. The summed E-state index contributed by atoms with van der Waals surface area (Å²) in [6.45, 7) is 3.46. The Morgan fingerprint density at radius 1 is 1.48 bits per heavy atom. The van der Waals surface area contributed by atoms with Crippen LogP contribution in [0.4, 0.5) is 0 Å². The molecule has 0 aromatic heterocycles. The van der Waals surface area contributed by atoms with Gasteiger partial charge in [-0.1, -0.05) is 18.1 Å². The van der Waals surface area contributed by atoms with Gasteiger partial charge >= 0.3 is 0 Å². The van der Waals surface area contributed by atoms with E-state index in [2.05, 4.69) is 21.5 Å². The lowest BCUT2D eigenvalue weighted by atomic mass is 10.2. The second-order valence-electron chi connectivity index (χ2n) is 4.16. The number of terminal acetylenes is 1. The first-order chi connectivity index (χ1) is 10.2. The van der Waals surface area contributed by atoms with Crippen molar-refractivity contribution < 1.29 is 9.53 Å². The van der Waals surface area contributed by atoms with Gasteiger partial charge in [-0.25, -0.2) is 4.99 Å². The number of carbonyl (C=O) groups excluding carboxylic acids is 1. The number of guanidine groups is 1. The highest BCUT2D eigenvalue weighted by atomic mass is 16.5. The van der Waals surface area contributed by atoms with Gasteiger partial charge in [-0.2, -0.15) is 0 Å². The molecule has 0 saturated heterocycles. The van der Waals surface area contributed by atoms with Gasteiger partial charge in [-0.05, 0) is 24.6 Å². The van der Waals surface area contributed by atoms with E-state index in [-0.39, 0.29) is 6.61 Å². The van der Waals surface area contributed by atoms with E-state index < -0.39 is 5.91 Å². The lowest BCUT2D eigenvalue weighted by Gasteiger charge is -2.09. The number of hydrogen-bond acceptors (Lipinski definition) is 3. The number of benzene rings is 1. The Labute approximate surface area is 124 Å². The summed E-state index contributed by atoms with van der Waals surface area (Å²) in [4.78, 5) is 15.1. The molecular weight excluding hydrogens is 268 g/mol. The normalized spacial score (nSPS) is 10.6. The van der Waals surface area contributed by atoms with Crippen LogP contribution in [0.3, 0.4) is 0 Å². The summed E-state index contributed by atoms with van der Waals surface area (Å²) in [6.07, 6.45) is 5.21. The second kappa shape index (κ2) is 9.26. The molecule has 112 valence electrons. The third-order valence-electron chi connectivity index (χ3n) is 2.40. The average molecular weight is 288 g/mol. The van der Waals surface area contributed by atoms with Gasteiger partial charge in [0, 0.05) is 6.54 Å². The number of aliphatic imine (C=N–C) groups is 1. The fourth-order valence-electron chi connectivity index (χ4n) is 1.53. The second-order valence-corrected chi connectivity index (χ2v) is 4.16. The molecular formula is C15H20N4O2. The Morgan fingerprint density at radius 3 is 2.95 bits per heavy atom. The van der Waals surface area contributed by atoms with Crippen molar-refractivity contribution >= 4 is 11.9 Å². The molecule has 0 aliphatic rings. The molecule has 0 saturated carbocycles. The van der Waals surface area contributed by atoms with E-state index in [1.807, 2.05) is 25.1 Å². The minimum Gasteiger partial charge on any atom is -0.484 e. The van der Waals surface area contributed by atoms with E-state index >= 15 is 0 Å². The van der Waals surface area contributed by atoms with Crippen LogP contribution in [-0.2, 0) is 11.3 Å². The van der Waals surface area contributed by atoms with Crippen LogP contribution >= 0.6 is 0 Å². The number of hydrogen-bond donors (Lipinski definition) is 3. The predicted molar refractivity (Wildman–Crippen MR) is 82.8 cm³/mol. The standard InChI is InChI=1S/C15H20N4O2/c1-3-8-18-15(17-4-2)19-10-12-6-5-7-13(9-12)21-11-14(16)20/h1,5-7,9H,4,8,10-11H2,2H3,(H2,16,20)(H2,17,18,19). The Bertz CT molecular complexity index is 535. The molecule has 0 heterocycles. The van der Waals surface area contributed by atoms with Crippen LogP contribution < -0.4 is 21.1 Å². The Balaban J connectivity index is 2.65. The third-order valence-corrected chi connectivity index (χ3v) is 2.40. The number of nitrogens with two attached hydrogens (primary N) is 1. The van der Waals surface area contributed by atoms with Crippen molar-refractivity contribution in [2.24, 2.45) is 10.7 Å². The summed E-state index contributed by atoms with van der Waals surface area (Å²) in [5.41, 5.74) is 5.99. The number of rotatable bonds is 7. The predicted octanol–water partition coefficient (Wildman–Crippen LogP) is 0.239. The largest absolute Gasteiger partial charge is 0.484 e. The summed E-state index contributed by atoms with van der Waals surface area (Å²) in [5.74, 6) is 3.23. The number of carbonyl (C=O) groups is 1. The molecule has 0 aliphatic carbocycles. The number of nitrogens with one attached hydrogen (secondary N) is 2. The van der Waals surface area contributed by atoms with Gasteiger partial charge in [0.2, 0.25) is 0 Å². The maximum absolute atomic E-state index is 10.7. The zero-order valence-electron chi connectivity index (χ0n) is 12.1. The highest BCUT2D eigenvalue weighted by molar-refractivity contribution is 5.80. The van der Waals surface area contributed by atoms with Crippen molar-refractivity contribution in [3.8, 4) is 18.1 Å². The number of ether oxygens (including phenoxy) is 1. The van der Waals surface area contributed by atoms with Gasteiger partial charge in [0.05, 0.1) is 13.1 Å². The zero-order valence-corrected chi connectivity index (χ0v) is 12.1. The fraction of sp³-hybridized carbons (Fsp3) is 0.333. The molecule has 4 N–H and O–H groups in total. The molecule has 0 bridgehead atoms. The molecule has 0 aliphatic heterocycles. The van der Waals surface area contributed by atoms with Gasteiger partial charge in [0.1, 0.15) is 5.75 Å². The average Bonchev–Trinajstić information content (AvgIpc) is 2.48. The van der Waals surface area contributed by atoms with E-state index in [0.717, 1.165) is 12.1 Å². The molecule has 1 aromatic carbocycles. The molecule has 1 amide bonds. The molecule has 1 aromatic rings. The van der Waals surface area contributed by atoms with E-state index in [1.165, 1.54) is 0 Å². The topological polar surface area (TPSA) is 88.7 Å². The molecule has 6 heteroatoms. The van der Waals surface area contributed by atoms with Crippen LogP contribution in [0.15, 0.2) is 29.3 Å². The minimum absolute atomic E-state index is 0.140. The number of nitrogens with zero attached hydrogens (tertiary/aromatic N) is 1. The molecule has 21 heavy (non-hydrogen) atoms. The molecule has 6 nitrogen and oxygen atoms in total. The maximum Gasteiger partial charge on any atom is 0.255 e. The van der Waals surface area contributed by atoms with Crippen LogP contribution in [-0.4, -0.2) is 31.6 Å². The van der Waals surface area contributed by atoms with Crippen LogP contribution in [0.5, 0.6) is 5.75 Å². The lowest BCUT2D eigenvalue weighted by Crippen LogP contribution is -2.37. The molecule has 0 spiro atoms. The summed E-state index contributed by atoms with van der Waals surface area (Å²) in [5, 5.41) is 6.10. The Kier molecular flexibility index (Phi) is 7.22. The van der Waals surface area contributed by atoms with Crippen molar-refractivity contribution in [2.45, 2.75) is 13.5 Å². The van der Waals surface area contributed by atoms with Crippen molar-refractivity contribution in [3.63, 3.8) is 0 Å². The molecule has 1 rings (SSSR count). The van der Waals surface area contributed by atoms with Crippen molar-refractivity contribution in [3.05, 3.63) is 29.8 Å². The van der Waals surface area contributed by atoms with Gasteiger partial charge < -0.3 is 21.1 Å². The maximum atomic E-state index is 10.7. The van der Waals surface area contributed by atoms with Gasteiger partial charge in [-0.3, -0.25) is 4.79 Å². The number of amides is 1. The van der Waals surface area contributed by atoms with Crippen molar-refractivity contribution in [2.75, 3.05) is 19.7 Å². The smallest absolute Gasteiger partial charge is 0.255 e. The molecule has 0 atom stereocenters. The van der Waals surface area contributed by atoms with Gasteiger partial charge in [-0.15, -0.1) is 6.42 Å². The summed E-state index contributed by atoms with van der Waals surface area (Å²) >= 11 is 0.